The number of nitrogens with zero attached hydrogens (tertiary/aromatic N) is 4. The largest absolute Gasteiger partial charge is 0.453 e. The van der Waals surface area contributed by atoms with Crippen LogP contribution in [0.15, 0.2) is 58.2 Å². The minimum absolute atomic E-state index is 0.145. The Balaban J connectivity index is 1.29. The molecule has 9 nitrogen and oxygen atoms in total. The highest BCUT2D eigenvalue weighted by Crippen LogP contribution is 2.22. The summed E-state index contributed by atoms with van der Waals surface area (Å²) in [5.74, 6) is 0.173. The lowest BCUT2D eigenvalue weighted by Crippen LogP contribution is -2.31. The Hall–Kier alpha value is -3.11. The number of hydrogen-bond donors (Lipinski definition) is 0. The number of hydrogen-bond acceptors (Lipinski definition) is 8. The summed E-state index contributed by atoms with van der Waals surface area (Å²) in [5, 5.41) is 3.91. The van der Waals surface area contributed by atoms with E-state index in [1.54, 1.807) is 54.0 Å². The summed E-state index contributed by atoms with van der Waals surface area (Å²) >= 11 is 0. The summed E-state index contributed by atoms with van der Waals surface area (Å²) in [7, 11) is -3.48. The van der Waals surface area contributed by atoms with E-state index in [-0.39, 0.29) is 17.2 Å². The van der Waals surface area contributed by atoms with Crippen molar-refractivity contribution in [3.63, 3.8) is 0 Å². The molecular formula is C24H28N4O5S. The number of carbonyl (C=O) groups excluding carboxylic acids is 1. The van der Waals surface area contributed by atoms with Crippen LogP contribution in [0.3, 0.4) is 0 Å². The SMILES string of the molecule is CC(OC(=O)CCc1ccc(S(=O)(=O)N2CCCCCC2)cc1)c1nc(-c2cccnc2)no1. The first-order valence-corrected chi connectivity index (χ1v) is 12.9. The van der Waals surface area contributed by atoms with Crippen LogP contribution in [0.1, 0.15) is 56.6 Å². The highest BCUT2D eigenvalue weighted by Gasteiger charge is 2.25. The van der Waals surface area contributed by atoms with Crippen LogP contribution in [-0.4, -0.2) is 46.9 Å². The zero-order valence-corrected chi connectivity index (χ0v) is 19.9. The topological polar surface area (TPSA) is 115 Å². The maximum Gasteiger partial charge on any atom is 0.306 e. The van der Waals surface area contributed by atoms with Crippen molar-refractivity contribution in [1.82, 2.24) is 19.4 Å². The van der Waals surface area contributed by atoms with Gasteiger partial charge in [0, 0.05) is 37.5 Å². The number of pyridine rings is 1. The van der Waals surface area contributed by atoms with Gasteiger partial charge in [-0.1, -0.05) is 30.1 Å². The first kappa shape index (κ1) is 24.0. The molecule has 2 aromatic heterocycles. The van der Waals surface area contributed by atoms with Crippen LogP contribution in [0.2, 0.25) is 0 Å². The monoisotopic (exact) mass is 484 g/mol. The normalized spacial score (nSPS) is 16.0. The van der Waals surface area contributed by atoms with Gasteiger partial charge in [0.25, 0.3) is 5.89 Å². The molecule has 0 saturated carbocycles. The number of aromatic nitrogens is 3. The van der Waals surface area contributed by atoms with E-state index in [9.17, 15) is 13.2 Å². The van der Waals surface area contributed by atoms with Gasteiger partial charge in [-0.15, -0.1) is 0 Å². The molecule has 0 amide bonds. The number of sulfonamides is 1. The molecular weight excluding hydrogens is 456 g/mol. The van der Waals surface area contributed by atoms with Crippen LogP contribution < -0.4 is 0 Å². The van der Waals surface area contributed by atoms with Crippen molar-refractivity contribution in [1.29, 1.82) is 0 Å². The number of esters is 1. The maximum absolute atomic E-state index is 12.9. The van der Waals surface area contributed by atoms with Gasteiger partial charge in [-0.3, -0.25) is 9.78 Å². The van der Waals surface area contributed by atoms with Crippen LogP contribution in [0, 0.1) is 0 Å². The minimum atomic E-state index is -3.48. The number of carbonyl (C=O) groups is 1. The Morgan fingerprint density at radius 2 is 1.85 bits per heavy atom. The molecule has 1 unspecified atom stereocenters. The lowest BCUT2D eigenvalue weighted by molar-refractivity contribution is -0.149. The molecule has 1 saturated heterocycles. The Bertz CT molecular complexity index is 1190. The summed E-state index contributed by atoms with van der Waals surface area (Å²) in [4.78, 5) is 20.9. The standard InChI is InChI=1S/C24H28N4O5S/c1-18(24-26-23(27-33-24)20-7-6-14-25-17-20)32-22(29)13-10-19-8-11-21(12-9-19)34(30,31)28-15-4-2-3-5-16-28/h6-9,11-12,14,17-18H,2-5,10,13,15-16H2,1H3. The molecule has 1 fully saturated rings. The van der Waals surface area contributed by atoms with E-state index in [2.05, 4.69) is 15.1 Å². The minimum Gasteiger partial charge on any atom is -0.453 e. The van der Waals surface area contributed by atoms with Crippen LogP contribution >= 0.6 is 0 Å². The van der Waals surface area contributed by atoms with Crippen molar-refractivity contribution in [3.8, 4) is 11.4 Å². The Kier molecular flexibility index (Phi) is 7.69. The van der Waals surface area contributed by atoms with Crippen LogP contribution in [0.25, 0.3) is 11.4 Å². The second-order valence-electron chi connectivity index (χ2n) is 8.29. The average Bonchev–Trinajstić information content (AvgIpc) is 3.18. The summed E-state index contributed by atoms with van der Waals surface area (Å²) in [6.07, 6.45) is 7.08. The number of ether oxygens (including phenoxy) is 1. The van der Waals surface area contributed by atoms with E-state index in [0.717, 1.165) is 31.2 Å². The lowest BCUT2D eigenvalue weighted by Gasteiger charge is -2.20. The third kappa shape index (κ3) is 5.87. The van der Waals surface area contributed by atoms with Crippen LogP contribution in [-0.2, 0) is 26.0 Å². The fourth-order valence-electron chi connectivity index (χ4n) is 3.82. The van der Waals surface area contributed by atoms with E-state index < -0.39 is 22.1 Å². The fraction of sp³-hybridized carbons (Fsp3) is 0.417. The molecule has 0 radical (unpaired) electrons. The van der Waals surface area contributed by atoms with Gasteiger partial charge in [-0.2, -0.15) is 9.29 Å². The van der Waals surface area contributed by atoms with Crippen molar-refractivity contribution in [2.75, 3.05) is 13.1 Å². The van der Waals surface area contributed by atoms with Gasteiger partial charge in [0.2, 0.25) is 15.8 Å². The van der Waals surface area contributed by atoms with Crippen molar-refractivity contribution in [2.24, 2.45) is 0 Å². The molecule has 1 aliphatic heterocycles. The van der Waals surface area contributed by atoms with Gasteiger partial charge < -0.3 is 9.26 Å². The molecule has 3 aromatic rings. The molecule has 3 heterocycles. The zero-order valence-electron chi connectivity index (χ0n) is 19.1. The summed E-state index contributed by atoms with van der Waals surface area (Å²) in [5.41, 5.74) is 1.56. The van der Waals surface area contributed by atoms with E-state index in [4.69, 9.17) is 9.26 Å². The predicted molar refractivity (Wildman–Crippen MR) is 124 cm³/mol. The first-order chi connectivity index (χ1) is 16.4. The third-order valence-electron chi connectivity index (χ3n) is 5.76. The molecule has 1 aliphatic rings. The Morgan fingerprint density at radius 3 is 2.53 bits per heavy atom. The summed E-state index contributed by atoms with van der Waals surface area (Å²) in [6.45, 7) is 2.80. The van der Waals surface area contributed by atoms with Crippen molar-refractivity contribution in [3.05, 3.63) is 60.2 Å². The Labute approximate surface area is 199 Å². The molecule has 1 aromatic carbocycles. The van der Waals surface area contributed by atoms with Crippen molar-refractivity contribution >= 4 is 16.0 Å². The molecule has 10 heteroatoms. The van der Waals surface area contributed by atoms with Gasteiger partial charge in [-0.25, -0.2) is 8.42 Å². The molecule has 0 bridgehead atoms. The van der Waals surface area contributed by atoms with Crippen molar-refractivity contribution in [2.45, 2.75) is 56.4 Å². The summed E-state index contributed by atoms with van der Waals surface area (Å²) in [6, 6.07) is 10.3. The molecule has 0 aliphatic carbocycles. The van der Waals surface area contributed by atoms with Crippen LogP contribution in [0.5, 0.6) is 0 Å². The zero-order chi connectivity index (χ0) is 24.0. The van der Waals surface area contributed by atoms with E-state index in [1.807, 2.05) is 6.07 Å². The highest BCUT2D eigenvalue weighted by atomic mass is 32.2. The molecule has 0 spiro atoms. The third-order valence-corrected chi connectivity index (χ3v) is 7.67. The smallest absolute Gasteiger partial charge is 0.306 e. The molecule has 4 rings (SSSR count). The Morgan fingerprint density at radius 1 is 1.12 bits per heavy atom. The maximum atomic E-state index is 12.9. The van der Waals surface area contributed by atoms with E-state index in [1.165, 1.54) is 0 Å². The van der Waals surface area contributed by atoms with Gasteiger partial charge in [0.15, 0.2) is 6.10 Å². The number of rotatable bonds is 8. The number of benzene rings is 1. The first-order valence-electron chi connectivity index (χ1n) is 11.5. The highest BCUT2D eigenvalue weighted by molar-refractivity contribution is 7.89. The lowest BCUT2D eigenvalue weighted by atomic mass is 10.1. The molecule has 34 heavy (non-hydrogen) atoms. The van der Waals surface area contributed by atoms with Crippen molar-refractivity contribution < 1.29 is 22.5 Å². The average molecular weight is 485 g/mol. The van der Waals surface area contributed by atoms with Gasteiger partial charge in [0.1, 0.15) is 0 Å². The second kappa shape index (κ2) is 10.9. The van der Waals surface area contributed by atoms with Gasteiger partial charge >= 0.3 is 5.97 Å². The summed E-state index contributed by atoms with van der Waals surface area (Å²) < 4.78 is 38.0. The van der Waals surface area contributed by atoms with E-state index in [0.29, 0.717) is 30.9 Å². The van der Waals surface area contributed by atoms with E-state index >= 15 is 0 Å². The van der Waals surface area contributed by atoms with Gasteiger partial charge in [-0.05, 0) is 56.0 Å². The molecule has 1 atom stereocenters. The quantitative estimate of drug-likeness (QED) is 0.442. The number of aryl methyl sites for hydroxylation is 1. The fourth-order valence-corrected chi connectivity index (χ4v) is 5.34. The predicted octanol–water partition coefficient (Wildman–Crippen LogP) is 3.93. The molecule has 0 N–H and O–H groups in total. The molecule has 180 valence electrons. The second-order valence-corrected chi connectivity index (χ2v) is 10.2. The van der Waals surface area contributed by atoms with Gasteiger partial charge in [0.05, 0.1) is 4.90 Å². The van der Waals surface area contributed by atoms with Crippen LogP contribution in [0.4, 0.5) is 0 Å².